The van der Waals surface area contributed by atoms with Gasteiger partial charge in [0, 0.05) is 11.8 Å². The predicted molar refractivity (Wildman–Crippen MR) is 52.2 cm³/mol. The molecule has 1 atom stereocenters. The number of H-pyrrole nitrogens is 1. The zero-order valence-electron chi connectivity index (χ0n) is 6.95. The van der Waals surface area contributed by atoms with Crippen LogP contribution in [-0.4, -0.2) is 20.1 Å². The van der Waals surface area contributed by atoms with Crippen LogP contribution in [0.2, 0.25) is 0 Å². The first-order valence-corrected chi connectivity index (χ1v) is 4.65. The van der Waals surface area contributed by atoms with Gasteiger partial charge in [-0.05, 0) is 22.9 Å². The maximum Gasteiger partial charge on any atom is 0.156 e. The number of aromatic nitrogens is 3. The summed E-state index contributed by atoms with van der Waals surface area (Å²) in [6.45, 7) is 1.70. The highest BCUT2D eigenvalue weighted by molar-refractivity contribution is 9.10. The second-order valence-corrected chi connectivity index (χ2v) is 3.62. The van der Waals surface area contributed by atoms with Crippen LogP contribution in [0.3, 0.4) is 0 Å². The molecule has 0 aliphatic heterocycles. The quantitative estimate of drug-likeness (QED) is 0.801. The molecule has 2 rings (SSSR count). The van der Waals surface area contributed by atoms with E-state index in [-0.39, 0.29) is 0 Å². The Bertz CT molecular complexity index is 438. The maximum atomic E-state index is 9.40. The molecule has 0 saturated heterocycles. The summed E-state index contributed by atoms with van der Waals surface area (Å²) >= 11 is 3.23. The Morgan fingerprint density at radius 3 is 3.08 bits per heavy atom. The Morgan fingerprint density at radius 2 is 2.38 bits per heavy atom. The summed E-state index contributed by atoms with van der Waals surface area (Å²) in [5.41, 5.74) is 2.17. The minimum atomic E-state index is -0.530. The second kappa shape index (κ2) is 3.08. The molecule has 0 aromatic carbocycles. The normalized spacial score (nSPS) is 13.5. The van der Waals surface area contributed by atoms with Gasteiger partial charge in [-0.15, -0.1) is 0 Å². The van der Waals surface area contributed by atoms with E-state index in [2.05, 4.69) is 30.9 Å². The number of aromatic amines is 1. The second-order valence-electron chi connectivity index (χ2n) is 2.81. The number of nitrogens with zero attached hydrogens (tertiary/aromatic N) is 2. The van der Waals surface area contributed by atoms with E-state index >= 15 is 0 Å². The zero-order valence-corrected chi connectivity index (χ0v) is 8.54. The molecule has 0 fully saturated rings. The molecule has 4 nitrogen and oxygen atoms in total. The lowest BCUT2D eigenvalue weighted by Gasteiger charge is -1.99. The largest absolute Gasteiger partial charge is 0.389 e. The number of aliphatic hydroxyl groups excluding tert-OH is 1. The molecule has 68 valence electrons. The van der Waals surface area contributed by atoms with Crippen LogP contribution in [-0.2, 0) is 0 Å². The van der Waals surface area contributed by atoms with Gasteiger partial charge in [0.1, 0.15) is 10.1 Å². The van der Waals surface area contributed by atoms with Gasteiger partial charge in [0.15, 0.2) is 5.65 Å². The predicted octanol–water partition coefficient (Wildman–Crippen LogP) is 1.77. The lowest BCUT2D eigenvalue weighted by atomic mass is 10.2. The standard InChI is InChI=1S/C8H8BrN3O/c1-4(13)5-2-10-8-7(5)12-6(9)3-11-8/h2-4,13H,1H3,(H,10,11). The fourth-order valence-electron chi connectivity index (χ4n) is 1.21. The van der Waals surface area contributed by atoms with Crippen molar-refractivity contribution in [3.05, 3.63) is 22.6 Å². The fraction of sp³-hybridized carbons (Fsp3) is 0.250. The minimum absolute atomic E-state index is 0.530. The molecule has 2 heterocycles. The summed E-state index contributed by atoms with van der Waals surface area (Å²) < 4.78 is 0.668. The summed E-state index contributed by atoms with van der Waals surface area (Å²) in [5.74, 6) is 0. The van der Waals surface area contributed by atoms with Crippen LogP contribution in [0.15, 0.2) is 17.0 Å². The molecule has 0 amide bonds. The first-order valence-electron chi connectivity index (χ1n) is 3.86. The van der Waals surface area contributed by atoms with Crippen molar-refractivity contribution >= 4 is 27.1 Å². The van der Waals surface area contributed by atoms with Gasteiger partial charge in [-0.1, -0.05) is 0 Å². The van der Waals surface area contributed by atoms with Crippen LogP contribution in [0, 0.1) is 0 Å². The van der Waals surface area contributed by atoms with Crippen molar-refractivity contribution < 1.29 is 5.11 Å². The van der Waals surface area contributed by atoms with Crippen molar-refractivity contribution in [1.29, 1.82) is 0 Å². The number of rotatable bonds is 1. The van der Waals surface area contributed by atoms with Gasteiger partial charge in [0.25, 0.3) is 0 Å². The molecule has 0 saturated carbocycles. The molecule has 0 bridgehead atoms. The molecular weight excluding hydrogens is 234 g/mol. The third-order valence-corrected chi connectivity index (χ3v) is 2.21. The molecule has 5 heteroatoms. The van der Waals surface area contributed by atoms with Crippen LogP contribution in [0.5, 0.6) is 0 Å². The van der Waals surface area contributed by atoms with E-state index in [1.807, 2.05) is 0 Å². The van der Waals surface area contributed by atoms with Gasteiger partial charge < -0.3 is 10.1 Å². The molecular formula is C8H8BrN3O. The van der Waals surface area contributed by atoms with E-state index in [4.69, 9.17) is 0 Å². The van der Waals surface area contributed by atoms with E-state index in [1.165, 1.54) is 0 Å². The van der Waals surface area contributed by atoms with E-state index in [0.717, 1.165) is 5.56 Å². The van der Waals surface area contributed by atoms with Gasteiger partial charge in [-0.2, -0.15) is 0 Å². The third kappa shape index (κ3) is 1.45. The third-order valence-electron chi connectivity index (χ3n) is 1.83. The van der Waals surface area contributed by atoms with Gasteiger partial charge in [0.2, 0.25) is 0 Å². The topological polar surface area (TPSA) is 61.8 Å². The monoisotopic (exact) mass is 241 g/mol. The Hall–Kier alpha value is -0.940. The van der Waals surface area contributed by atoms with E-state index in [0.29, 0.717) is 15.8 Å². The van der Waals surface area contributed by atoms with Crippen molar-refractivity contribution in [1.82, 2.24) is 15.0 Å². The number of fused-ring (bicyclic) bond motifs is 1. The van der Waals surface area contributed by atoms with Crippen LogP contribution in [0.1, 0.15) is 18.6 Å². The summed E-state index contributed by atoms with van der Waals surface area (Å²) in [6.07, 6.45) is 2.81. The molecule has 2 aromatic heterocycles. The summed E-state index contributed by atoms with van der Waals surface area (Å²) in [4.78, 5) is 11.3. The number of aliphatic hydroxyl groups is 1. The number of halogens is 1. The highest BCUT2D eigenvalue weighted by Crippen LogP contribution is 2.21. The van der Waals surface area contributed by atoms with Crippen LogP contribution in [0.25, 0.3) is 11.2 Å². The molecule has 13 heavy (non-hydrogen) atoms. The first kappa shape index (κ1) is 8.65. The summed E-state index contributed by atoms with van der Waals surface area (Å²) in [5, 5.41) is 9.40. The summed E-state index contributed by atoms with van der Waals surface area (Å²) in [6, 6.07) is 0. The van der Waals surface area contributed by atoms with E-state index < -0.39 is 6.10 Å². The Balaban J connectivity index is 2.71. The molecule has 0 aliphatic carbocycles. The molecule has 2 aromatic rings. The SMILES string of the molecule is CC(O)c1c[nH]c2ncc(Br)nc12. The lowest BCUT2D eigenvalue weighted by molar-refractivity contribution is 0.200. The van der Waals surface area contributed by atoms with Crippen molar-refractivity contribution in [3.63, 3.8) is 0 Å². The van der Waals surface area contributed by atoms with Gasteiger partial charge in [0.05, 0.1) is 12.3 Å². The highest BCUT2D eigenvalue weighted by Gasteiger charge is 2.10. The smallest absolute Gasteiger partial charge is 0.156 e. The van der Waals surface area contributed by atoms with Crippen LogP contribution < -0.4 is 0 Å². The zero-order chi connectivity index (χ0) is 9.42. The maximum absolute atomic E-state index is 9.40. The minimum Gasteiger partial charge on any atom is -0.389 e. The van der Waals surface area contributed by atoms with Crippen molar-refractivity contribution in [3.8, 4) is 0 Å². The van der Waals surface area contributed by atoms with Gasteiger partial charge >= 0.3 is 0 Å². The summed E-state index contributed by atoms with van der Waals surface area (Å²) in [7, 11) is 0. The molecule has 0 radical (unpaired) electrons. The number of hydrogen-bond acceptors (Lipinski definition) is 3. The molecule has 2 N–H and O–H groups in total. The average Bonchev–Trinajstić information content (AvgIpc) is 2.46. The molecule has 1 unspecified atom stereocenters. The first-order chi connectivity index (χ1) is 6.18. The molecule has 0 aliphatic rings. The number of nitrogens with one attached hydrogen (secondary N) is 1. The van der Waals surface area contributed by atoms with E-state index in [9.17, 15) is 5.11 Å². The molecule has 0 spiro atoms. The van der Waals surface area contributed by atoms with Crippen LogP contribution in [0.4, 0.5) is 0 Å². The lowest BCUT2D eigenvalue weighted by Crippen LogP contribution is -1.90. The Labute approximate surface area is 83.2 Å². The van der Waals surface area contributed by atoms with E-state index in [1.54, 1.807) is 19.3 Å². The van der Waals surface area contributed by atoms with Crippen molar-refractivity contribution in [2.75, 3.05) is 0 Å². The van der Waals surface area contributed by atoms with Crippen molar-refractivity contribution in [2.45, 2.75) is 13.0 Å². The highest BCUT2D eigenvalue weighted by atomic mass is 79.9. The van der Waals surface area contributed by atoms with Crippen LogP contribution >= 0.6 is 15.9 Å². The Kier molecular flexibility index (Phi) is 2.05. The van der Waals surface area contributed by atoms with Crippen molar-refractivity contribution in [2.24, 2.45) is 0 Å². The average molecular weight is 242 g/mol. The Morgan fingerprint density at radius 1 is 1.62 bits per heavy atom. The van der Waals surface area contributed by atoms with Gasteiger partial charge in [-0.3, -0.25) is 0 Å². The number of hydrogen-bond donors (Lipinski definition) is 2. The fourth-order valence-corrected chi connectivity index (χ4v) is 1.49. The van der Waals surface area contributed by atoms with Gasteiger partial charge in [-0.25, -0.2) is 9.97 Å².